The molecule has 1 atom stereocenters. The van der Waals surface area contributed by atoms with E-state index in [0.29, 0.717) is 0 Å². The SMILES string of the molecule is CC(NC(=O)CCO)C(=O)O. The molecule has 1 amide bonds. The van der Waals surface area contributed by atoms with E-state index in [1.165, 1.54) is 6.92 Å². The molecule has 0 fully saturated rings. The van der Waals surface area contributed by atoms with Crippen LogP contribution >= 0.6 is 0 Å². The fourth-order valence-corrected chi connectivity index (χ4v) is 0.477. The van der Waals surface area contributed by atoms with Gasteiger partial charge >= 0.3 is 5.97 Å². The van der Waals surface area contributed by atoms with Gasteiger partial charge in [0.05, 0.1) is 6.61 Å². The van der Waals surface area contributed by atoms with E-state index in [-0.39, 0.29) is 13.0 Å². The summed E-state index contributed by atoms with van der Waals surface area (Å²) in [5, 5.41) is 18.8. The highest BCUT2D eigenvalue weighted by Gasteiger charge is 2.12. The van der Waals surface area contributed by atoms with Crippen molar-refractivity contribution in [1.82, 2.24) is 5.32 Å². The molecule has 0 aromatic heterocycles. The highest BCUT2D eigenvalue weighted by Crippen LogP contribution is 1.83. The number of aliphatic hydroxyl groups is 1. The van der Waals surface area contributed by atoms with Crippen LogP contribution in [-0.4, -0.2) is 34.7 Å². The van der Waals surface area contributed by atoms with Crippen LogP contribution in [0.25, 0.3) is 0 Å². The van der Waals surface area contributed by atoms with Crippen LogP contribution in [0.15, 0.2) is 0 Å². The van der Waals surface area contributed by atoms with E-state index in [1.807, 2.05) is 0 Å². The number of hydrogen-bond acceptors (Lipinski definition) is 3. The first-order chi connectivity index (χ1) is 5.07. The second-order valence-corrected chi connectivity index (χ2v) is 2.10. The Balaban J connectivity index is 3.66. The molecule has 0 aromatic carbocycles. The van der Waals surface area contributed by atoms with Crippen molar-refractivity contribution in [3.8, 4) is 0 Å². The predicted octanol–water partition coefficient (Wildman–Crippen LogP) is -1.04. The van der Waals surface area contributed by atoms with Gasteiger partial charge in [0.25, 0.3) is 0 Å². The normalized spacial score (nSPS) is 12.2. The van der Waals surface area contributed by atoms with Crippen molar-refractivity contribution in [1.29, 1.82) is 0 Å². The number of carbonyl (C=O) groups is 2. The van der Waals surface area contributed by atoms with Crippen LogP contribution in [0, 0.1) is 0 Å². The number of aliphatic carboxylic acids is 1. The molecule has 64 valence electrons. The summed E-state index contributed by atoms with van der Waals surface area (Å²) in [7, 11) is 0. The van der Waals surface area contributed by atoms with Gasteiger partial charge in [-0.15, -0.1) is 0 Å². The fourth-order valence-electron chi connectivity index (χ4n) is 0.477. The minimum atomic E-state index is -1.09. The third kappa shape index (κ3) is 4.32. The molecule has 0 saturated heterocycles. The quantitative estimate of drug-likeness (QED) is 0.491. The first-order valence-electron chi connectivity index (χ1n) is 3.21. The van der Waals surface area contributed by atoms with Gasteiger partial charge < -0.3 is 15.5 Å². The standard InChI is InChI=1S/C6H11NO4/c1-4(6(10)11)7-5(9)2-3-8/h4,8H,2-3H2,1H3,(H,7,9)(H,10,11). The second kappa shape index (κ2) is 4.68. The van der Waals surface area contributed by atoms with Gasteiger partial charge in [0.15, 0.2) is 0 Å². The lowest BCUT2D eigenvalue weighted by Crippen LogP contribution is -2.38. The van der Waals surface area contributed by atoms with Gasteiger partial charge in [-0.1, -0.05) is 0 Å². The number of hydrogen-bond donors (Lipinski definition) is 3. The van der Waals surface area contributed by atoms with Crippen molar-refractivity contribution in [3.05, 3.63) is 0 Å². The molecule has 0 bridgehead atoms. The molecule has 0 saturated carbocycles. The van der Waals surface area contributed by atoms with Gasteiger partial charge in [0.2, 0.25) is 5.91 Å². The molecule has 11 heavy (non-hydrogen) atoms. The summed E-state index contributed by atoms with van der Waals surface area (Å²) in [5.41, 5.74) is 0. The highest BCUT2D eigenvalue weighted by atomic mass is 16.4. The molecule has 0 rings (SSSR count). The Morgan fingerprint density at radius 1 is 1.55 bits per heavy atom. The van der Waals surface area contributed by atoms with Crippen LogP contribution < -0.4 is 5.32 Å². The van der Waals surface area contributed by atoms with Gasteiger partial charge in [0.1, 0.15) is 6.04 Å². The lowest BCUT2D eigenvalue weighted by molar-refractivity contribution is -0.141. The van der Waals surface area contributed by atoms with E-state index < -0.39 is 17.9 Å². The van der Waals surface area contributed by atoms with Crippen molar-refractivity contribution in [3.63, 3.8) is 0 Å². The van der Waals surface area contributed by atoms with Crippen LogP contribution in [-0.2, 0) is 9.59 Å². The molecule has 0 radical (unpaired) electrons. The van der Waals surface area contributed by atoms with Gasteiger partial charge in [0, 0.05) is 6.42 Å². The highest BCUT2D eigenvalue weighted by molar-refractivity contribution is 5.83. The zero-order valence-electron chi connectivity index (χ0n) is 6.20. The van der Waals surface area contributed by atoms with Crippen LogP contribution in [0.4, 0.5) is 0 Å². The second-order valence-electron chi connectivity index (χ2n) is 2.10. The molecule has 0 spiro atoms. The number of carboxylic acid groups (broad SMARTS) is 1. The maximum absolute atomic E-state index is 10.6. The third-order valence-electron chi connectivity index (χ3n) is 1.09. The average Bonchev–Trinajstić information content (AvgIpc) is 1.87. The van der Waals surface area contributed by atoms with E-state index >= 15 is 0 Å². The zero-order valence-corrected chi connectivity index (χ0v) is 6.20. The summed E-state index contributed by atoms with van der Waals surface area (Å²) < 4.78 is 0. The molecule has 0 aliphatic heterocycles. The van der Waals surface area contributed by atoms with E-state index in [0.717, 1.165) is 0 Å². The van der Waals surface area contributed by atoms with Crippen molar-refractivity contribution in [2.45, 2.75) is 19.4 Å². The molecule has 1 unspecified atom stereocenters. The Morgan fingerprint density at radius 3 is 2.45 bits per heavy atom. The number of aliphatic hydroxyl groups excluding tert-OH is 1. The van der Waals surface area contributed by atoms with Crippen molar-refractivity contribution < 1.29 is 19.8 Å². The number of nitrogens with one attached hydrogen (secondary N) is 1. The molecule has 0 heterocycles. The van der Waals surface area contributed by atoms with Crippen molar-refractivity contribution in [2.75, 3.05) is 6.61 Å². The minimum absolute atomic E-state index is 0.0579. The van der Waals surface area contributed by atoms with Gasteiger partial charge in [-0.05, 0) is 6.92 Å². The number of carbonyl (C=O) groups excluding carboxylic acids is 1. The summed E-state index contributed by atoms with van der Waals surface area (Å²) in [5.74, 6) is -1.54. The molecule has 0 aliphatic rings. The summed E-state index contributed by atoms with van der Waals surface area (Å²) in [4.78, 5) is 20.8. The fraction of sp³-hybridized carbons (Fsp3) is 0.667. The minimum Gasteiger partial charge on any atom is -0.480 e. The predicted molar refractivity (Wildman–Crippen MR) is 36.9 cm³/mol. The summed E-state index contributed by atoms with van der Waals surface area (Å²) >= 11 is 0. The molecule has 0 aliphatic carbocycles. The van der Waals surface area contributed by atoms with E-state index in [9.17, 15) is 9.59 Å². The number of rotatable bonds is 4. The Hall–Kier alpha value is -1.10. The first-order valence-corrected chi connectivity index (χ1v) is 3.21. The lowest BCUT2D eigenvalue weighted by Gasteiger charge is -2.07. The molecule has 5 nitrogen and oxygen atoms in total. The average molecular weight is 161 g/mol. The van der Waals surface area contributed by atoms with Crippen LogP contribution in [0.1, 0.15) is 13.3 Å². The lowest BCUT2D eigenvalue weighted by atomic mass is 10.3. The van der Waals surface area contributed by atoms with Crippen molar-refractivity contribution in [2.24, 2.45) is 0 Å². The largest absolute Gasteiger partial charge is 0.480 e. The maximum Gasteiger partial charge on any atom is 0.325 e. The summed E-state index contributed by atoms with van der Waals surface area (Å²) in [6, 6.07) is -0.894. The first kappa shape index (κ1) is 9.90. The molecule has 0 aromatic rings. The Labute approximate surface area is 64.0 Å². The van der Waals surface area contributed by atoms with E-state index in [2.05, 4.69) is 5.32 Å². The van der Waals surface area contributed by atoms with Crippen LogP contribution in [0.5, 0.6) is 0 Å². The van der Waals surface area contributed by atoms with Crippen LogP contribution in [0.2, 0.25) is 0 Å². The van der Waals surface area contributed by atoms with Gasteiger partial charge in [-0.2, -0.15) is 0 Å². The number of carboxylic acids is 1. The van der Waals surface area contributed by atoms with Gasteiger partial charge in [-0.25, -0.2) is 0 Å². The number of amides is 1. The Morgan fingerprint density at radius 2 is 2.09 bits per heavy atom. The van der Waals surface area contributed by atoms with Gasteiger partial charge in [-0.3, -0.25) is 9.59 Å². The zero-order chi connectivity index (χ0) is 8.85. The third-order valence-corrected chi connectivity index (χ3v) is 1.09. The molecular formula is C6H11NO4. The topological polar surface area (TPSA) is 86.6 Å². The van der Waals surface area contributed by atoms with Crippen molar-refractivity contribution >= 4 is 11.9 Å². The molecule has 5 heteroatoms. The molecule has 3 N–H and O–H groups in total. The smallest absolute Gasteiger partial charge is 0.325 e. The monoisotopic (exact) mass is 161 g/mol. The van der Waals surface area contributed by atoms with Crippen LogP contribution in [0.3, 0.4) is 0 Å². The Bertz CT molecular complexity index is 157. The summed E-state index contributed by atoms with van der Waals surface area (Å²) in [6.45, 7) is 1.09. The Kier molecular flexibility index (Phi) is 4.21. The maximum atomic E-state index is 10.6. The van der Waals surface area contributed by atoms with E-state index in [4.69, 9.17) is 10.2 Å². The molecular weight excluding hydrogens is 150 g/mol. The summed E-state index contributed by atoms with van der Waals surface area (Å²) in [6.07, 6.45) is -0.0579. The van der Waals surface area contributed by atoms with E-state index in [1.54, 1.807) is 0 Å².